The number of ether oxygens (including phenoxy) is 1. The molecular formula is C13H13BrN2O2S. The number of amides is 1. The van der Waals surface area contributed by atoms with Crippen LogP contribution in [0.15, 0.2) is 33.6 Å². The number of benzene rings is 1. The third-order valence-electron chi connectivity index (χ3n) is 2.56. The van der Waals surface area contributed by atoms with Crippen LogP contribution in [0.5, 0.6) is 5.75 Å². The van der Waals surface area contributed by atoms with Crippen LogP contribution in [0, 0.1) is 0 Å². The molecule has 1 amide bonds. The monoisotopic (exact) mass is 340 g/mol. The van der Waals surface area contributed by atoms with Crippen LogP contribution >= 0.6 is 27.3 Å². The minimum atomic E-state index is -0.0985. The zero-order valence-electron chi connectivity index (χ0n) is 10.4. The third kappa shape index (κ3) is 3.78. The average Bonchev–Trinajstić information content (AvgIpc) is 2.91. The van der Waals surface area contributed by atoms with Crippen molar-refractivity contribution in [3.63, 3.8) is 0 Å². The van der Waals surface area contributed by atoms with Gasteiger partial charge in [0.2, 0.25) is 0 Å². The van der Waals surface area contributed by atoms with Crippen LogP contribution in [-0.4, -0.2) is 24.5 Å². The van der Waals surface area contributed by atoms with Crippen molar-refractivity contribution in [2.24, 2.45) is 0 Å². The van der Waals surface area contributed by atoms with Crippen molar-refractivity contribution in [1.82, 2.24) is 10.3 Å². The molecule has 0 bridgehead atoms. The first-order chi connectivity index (χ1) is 9.20. The fourth-order valence-corrected chi connectivity index (χ4v) is 2.71. The van der Waals surface area contributed by atoms with E-state index in [0.717, 1.165) is 16.6 Å². The molecule has 0 saturated carbocycles. The predicted molar refractivity (Wildman–Crippen MR) is 78.8 cm³/mol. The molecule has 1 aromatic carbocycles. The van der Waals surface area contributed by atoms with E-state index in [0.29, 0.717) is 17.9 Å². The normalized spacial score (nSPS) is 10.2. The maximum atomic E-state index is 11.9. The van der Waals surface area contributed by atoms with Gasteiger partial charge in [0.25, 0.3) is 5.91 Å². The molecule has 0 spiro atoms. The van der Waals surface area contributed by atoms with Gasteiger partial charge in [-0.05, 0) is 34.1 Å². The molecule has 2 aromatic rings. The number of rotatable bonds is 5. The molecule has 1 heterocycles. The van der Waals surface area contributed by atoms with Gasteiger partial charge in [0, 0.05) is 23.9 Å². The van der Waals surface area contributed by atoms with E-state index >= 15 is 0 Å². The van der Waals surface area contributed by atoms with Crippen molar-refractivity contribution in [1.29, 1.82) is 0 Å². The first kappa shape index (κ1) is 14.0. The molecule has 1 aromatic heterocycles. The standard InChI is InChI=1S/C13H13BrN2O2S/c1-18-12-3-2-9(6-11(12)14)13(17)15-5-4-10-7-19-8-16-10/h2-3,6-8H,4-5H2,1H3,(H,15,17). The molecular weight excluding hydrogens is 328 g/mol. The number of thiazole rings is 1. The molecule has 0 radical (unpaired) electrons. The highest BCUT2D eigenvalue weighted by molar-refractivity contribution is 9.10. The van der Waals surface area contributed by atoms with Gasteiger partial charge < -0.3 is 10.1 Å². The molecule has 19 heavy (non-hydrogen) atoms. The number of nitrogens with one attached hydrogen (secondary N) is 1. The summed E-state index contributed by atoms with van der Waals surface area (Å²) in [5.41, 5.74) is 3.39. The Morgan fingerprint density at radius 2 is 2.37 bits per heavy atom. The van der Waals surface area contributed by atoms with Crippen LogP contribution in [0.3, 0.4) is 0 Å². The van der Waals surface area contributed by atoms with E-state index in [9.17, 15) is 4.79 Å². The molecule has 0 atom stereocenters. The Labute approximate surface area is 124 Å². The Balaban J connectivity index is 1.91. The largest absolute Gasteiger partial charge is 0.496 e. The van der Waals surface area contributed by atoms with Crippen LogP contribution in [0.2, 0.25) is 0 Å². The predicted octanol–water partition coefficient (Wildman–Crippen LogP) is 2.89. The highest BCUT2D eigenvalue weighted by atomic mass is 79.9. The molecule has 100 valence electrons. The second-order valence-corrected chi connectivity index (χ2v) is 5.41. The lowest BCUT2D eigenvalue weighted by atomic mass is 10.2. The summed E-state index contributed by atoms with van der Waals surface area (Å²) in [4.78, 5) is 16.1. The number of nitrogens with zero attached hydrogens (tertiary/aromatic N) is 1. The summed E-state index contributed by atoms with van der Waals surface area (Å²) in [6.07, 6.45) is 0.743. The Kier molecular flexibility index (Phi) is 4.93. The maximum Gasteiger partial charge on any atom is 0.251 e. The minimum absolute atomic E-state index is 0.0985. The zero-order chi connectivity index (χ0) is 13.7. The molecule has 0 aliphatic rings. The molecule has 0 saturated heterocycles. The van der Waals surface area contributed by atoms with Crippen molar-refractivity contribution in [3.8, 4) is 5.75 Å². The number of carbonyl (C=O) groups is 1. The van der Waals surface area contributed by atoms with Gasteiger partial charge in [0.05, 0.1) is 22.8 Å². The van der Waals surface area contributed by atoms with Crippen molar-refractivity contribution in [2.45, 2.75) is 6.42 Å². The highest BCUT2D eigenvalue weighted by Crippen LogP contribution is 2.25. The Morgan fingerprint density at radius 3 is 3.00 bits per heavy atom. The van der Waals surface area contributed by atoms with Gasteiger partial charge in [-0.1, -0.05) is 0 Å². The van der Waals surface area contributed by atoms with E-state index in [1.807, 2.05) is 5.38 Å². The van der Waals surface area contributed by atoms with Crippen molar-refractivity contribution in [2.75, 3.05) is 13.7 Å². The van der Waals surface area contributed by atoms with Crippen LogP contribution in [0.4, 0.5) is 0 Å². The van der Waals surface area contributed by atoms with E-state index in [-0.39, 0.29) is 5.91 Å². The molecule has 0 unspecified atom stereocenters. The summed E-state index contributed by atoms with van der Waals surface area (Å²) in [5.74, 6) is 0.609. The molecule has 0 fully saturated rings. The van der Waals surface area contributed by atoms with E-state index in [1.165, 1.54) is 0 Å². The number of methoxy groups -OCH3 is 1. The number of hydrogen-bond donors (Lipinski definition) is 1. The fraction of sp³-hybridized carbons (Fsp3) is 0.231. The lowest BCUT2D eigenvalue weighted by Crippen LogP contribution is -2.25. The SMILES string of the molecule is COc1ccc(C(=O)NCCc2cscn2)cc1Br. The van der Waals surface area contributed by atoms with Crippen LogP contribution in [0.1, 0.15) is 16.1 Å². The van der Waals surface area contributed by atoms with Gasteiger partial charge >= 0.3 is 0 Å². The fourth-order valence-electron chi connectivity index (χ4n) is 1.57. The summed E-state index contributed by atoms with van der Waals surface area (Å²) in [5, 5.41) is 4.85. The average molecular weight is 341 g/mol. The number of aromatic nitrogens is 1. The van der Waals surface area contributed by atoms with E-state index in [1.54, 1.807) is 42.2 Å². The lowest BCUT2D eigenvalue weighted by molar-refractivity contribution is 0.0954. The smallest absolute Gasteiger partial charge is 0.251 e. The minimum Gasteiger partial charge on any atom is -0.496 e. The summed E-state index contributed by atoms with van der Waals surface area (Å²) in [7, 11) is 1.59. The molecule has 2 rings (SSSR count). The summed E-state index contributed by atoms with van der Waals surface area (Å²) in [6.45, 7) is 0.576. The summed E-state index contributed by atoms with van der Waals surface area (Å²) in [6, 6.07) is 5.25. The maximum absolute atomic E-state index is 11.9. The van der Waals surface area contributed by atoms with Crippen LogP contribution < -0.4 is 10.1 Å². The van der Waals surface area contributed by atoms with Gasteiger partial charge in [0.15, 0.2) is 0 Å². The van der Waals surface area contributed by atoms with Gasteiger partial charge in [-0.2, -0.15) is 0 Å². The Hall–Kier alpha value is -1.40. The first-order valence-corrected chi connectivity index (χ1v) is 7.43. The Morgan fingerprint density at radius 1 is 1.53 bits per heavy atom. The van der Waals surface area contributed by atoms with Crippen molar-refractivity contribution in [3.05, 3.63) is 44.8 Å². The van der Waals surface area contributed by atoms with Crippen molar-refractivity contribution >= 4 is 33.2 Å². The van der Waals surface area contributed by atoms with E-state index < -0.39 is 0 Å². The zero-order valence-corrected chi connectivity index (χ0v) is 12.8. The molecule has 1 N–H and O–H groups in total. The first-order valence-electron chi connectivity index (χ1n) is 5.69. The summed E-state index contributed by atoms with van der Waals surface area (Å²) < 4.78 is 5.89. The van der Waals surface area contributed by atoms with Gasteiger partial charge in [-0.15, -0.1) is 11.3 Å². The van der Waals surface area contributed by atoms with E-state index in [2.05, 4.69) is 26.2 Å². The Bertz CT molecular complexity index is 558. The molecule has 0 aliphatic heterocycles. The lowest BCUT2D eigenvalue weighted by Gasteiger charge is -2.07. The quantitative estimate of drug-likeness (QED) is 0.910. The van der Waals surface area contributed by atoms with Gasteiger partial charge in [-0.25, -0.2) is 4.98 Å². The summed E-state index contributed by atoms with van der Waals surface area (Å²) >= 11 is 4.92. The van der Waals surface area contributed by atoms with Crippen molar-refractivity contribution < 1.29 is 9.53 Å². The third-order valence-corrected chi connectivity index (χ3v) is 3.82. The molecule has 4 nitrogen and oxygen atoms in total. The molecule has 0 aliphatic carbocycles. The number of halogens is 1. The number of carbonyl (C=O) groups excluding carboxylic acids is 1. The second-order valence-electron chi connectivity index (χ2n) is 3.84. The van der Waals surface area contributed by atoms with E-state index in [4.69, 9.17) is 4.74 Å². The van der Waals surface area contributed by atoms with Crippen LogP contribution in [0.25, 0.3) is 0 Å². The molecule has 6 heteroatoms. The highest BCUT2D eigenvalue weighted by Gasteiger charge is 2.08. The van der Waals surface area contributed by atoms with Gasteiger partial charge in [0.1, 0.15) is 5.75 Å². The van der Waals surface area contributed by atoms with Crippen LogP contribution in [-0.2, 0) is 6.42 Å². The topological polar surface area (TPSA) is 51.2 Å². The number of hydrogen-bond acceptors (Lipinski definition) is 4. The van der Waals surface area contributed by atoms with Gasteiger partial charge in [-0.3, -0.25) is 4.79 Å². The second kappa shape index (κ2) is 6.68.